The maximum Gasteiger partial charge on any atom is 0.258 e. The van der Waals surface area contributed by atoms with Gasteiger partial charge in [0, 0.05) is 54.6 Å². The SMILES string of the molecule is CN(C)C(=O)c1c(N)ccc(-c2cnc3c(c2Cl)[C@@]2(CN3)C[C@H]2c2ccccc2)c1F. The number of nitrogens with one attached hydrogen (secondary N) is 1. The zero-order valence-electron chi connectivity index (χ0n) is 17.2. The molecule has 1 aliphatic carbocycles. The minimum Gasteiger partial charge on any atom is -0.398 e. The number of amides is 1. The zero-order chi connectivity index (χ0) is 21.9. The van der Waals surface area contributed by atoms with Gasteiger partial charge in [0.1, 0.15) is 11.6 Å². The van der Waals surface area contributed by atoms with Gasteiger partial charge in [0.05, 0.1) is 10.6 Å². The first-order valence-electron chi connectivity index (χ1n) is 10.1. The third-order valence-corrected chi connectivity index (χ3v) is 6.84. The highest BCUT2D eigenvalue weighted by Crippen LogP contribution is 2.66. The average Bonchev–Trinajstić information content (AvgIpc) is 3.36. The fourth-order valence-corrected chi connectivity index (χ4v) is 5.16. The van der Waals surface area contributed by atoms with Crippen LogP contribution in [0.4, 0.5) is 15.9 Å². The van der Waals surface area contributed by atoms with Crippen molar-refractivity contribution in [2.24, 2.45) is 0 Å². The van der Waals surface area contributed by atoms with E-state index in [-0.39, 0.29) is 22.2 Å². The van der Waals surface area contributed by atoms with E-state index in [0.29, 0.717) is 16.5 Å². The van der Waals surface area contributed by atoms with Gasteiger partial charge in [-0.3, -0.25) is 4.79 Å². The number of rotatable bonds is 3. The molecule has 31 heavy (non-hydrogen) atoms. The summed E-state index contributed by atoms with van der Waals surface area (Å²) in [5, 5.41) is 3.84. The molecule has 2 aromatic carbocycles. The summed E-state index contributed by atoms with van der Waals surface area (Å²) in [6, 6.07) is 13.4. The molecule has 0 unspecified atom stereocenters. The van der Waals surface area contributed by atoms with Gasteiger partial charge in [0.2, 0.25) is 0 Å². The predicted molar refractivity (Wildman–Crippen MR) is 121 cm³/mol. The molecule has 1 spiro atoms. The molecule has 1 amide bonds. The van der Waals surface area contributed by atoms with E-state index in [4.69, 9.17) is 17.3 Å². The number of carbonyl (C=O) groups is 1. The molecule has 2 aliphatic rings. The highest BCUT2D eigenvalue weighted by Gasteiger charge is 2.60. The van der Waals surface area contributed by atoms with E-state index in [2.05, 4.69) is 22.4 Å². The Balaban J connectivity index is 1.62. The Bertz CT molecular complexity index is 1210. The number of carbonyl (C=O) groups excluding carboxylic acids is 1. The second-order valence-electron chi connectivity index (χ2n) is 8.48. The number of nitrogens with two attached hydrogens (primary N) is 1. The molecule has 158 valence electrons. The number of anilines is 2. The Morgan fingerprint density at radius 3 is 2.68 bits per heavy atom. The molecule has 1 saturated carbocycles. The van der Waals surface area contributed by atoms with Crippen LogP contribution in [0.3, 0.4) is 0 Å². The monoisotopic (exact) mass is 436 g/mol. The van der Waals surface area contributed by atoms with Gasteiger partial charge < -0.3 is 16.0 Å². The summed E-state index contributed by atoms with van der Waals surface area (Å²) in [6.07, 6.45) is 2.52. The van der Waals surface area contributed by atoms with Crippen LogP contribution in [0.5, 0.6) is 0 Å². The largest absolute Gasteiger partial charge is 0.398 e. The lowest BCUT2D eigenvalue weighted by atomic mass is 9.91. The van der Waals surface area contributed by atoms with E-state index in [1.165, 1.54) is 16.5 Å². The molecule has 0 bridgehead atoms. The Kier molecular flexibility index (Phi) is 4.45. The number of hydrogen-bond acceptors (Lipinski definition) is 4. The van der Waals surface area contributed by atoms with Crippen molar-refractivity contribution < 1.29 is 9.18 Å². The molecule has 2 atom stereocenters. The van der Waals surface area contributed by atoms with Gasteiger partial charge in [0.15, 0.2) is 0 Å². The van der Waals surface area contributed by atoms with Crippen LogP contribution in [0, 0.1) is 5.82 Å². The van der Waals surface area contributed by atoms with Crippen LogP contribution < -0.4 is 11.1 Å². The van der Waals surface area contributed by atoms with Crippen LogP contribution in [0.25, 0.3) is 11.1 Å². The van der Waals surface area contributed by atoms with Crippen molar-refractivity contribution in [3.05, 3.63) is 76.2 Å². The maximum atomic E-state index is 15.5. The number of hydrogen-bond donors (Lipinski definition) is 2. The standard InChI is InChI=1S/C24H22ClFN4O/c1-30(2)23(31)18-17(27)9-8-14(21(18)26)15-11-28-22-19(20(15)25)24(12-29-22)10-16(24)13-6-4-3-5-7-13/h3-9,11,16H,10,12,27H2,1-2H3,(H,28,29)/t16-,24+/m0/s1. The molecule has 5 rings (SSSR count). The van der Waals surface area contributed by atoms with Crippen LogP contribution in [-0.2, 0) is 5.41 Å². The minimum absolute atomic E-state index is 0.0923. The first-order chi connectivity index (χ1) is 14.8. The number of fused-ring (bicyclic) bond motifs is 2. The second kappa shape index (κ2) is 6.95. The van der Waals surface area contributed by atoms with E-state index in [1.54, 1.807) is 26.4 Å². The predicted octanol–water partition coefficient (Wildman–Crippen LogP) is 4.68. The Labute approximate surface area is 185 Å². The molecule has 0 saturated heterocycles. The van der Waals surface area contributed by atoms with Crippen molar-refractivity contribution in [1.29, 1.82) is 0 Å². The van der Waals surface area contributed by atoms with Crippen LogP contribution >= 0.6 is 11.6 Å². The molecule has 1 fully saturated rings. The van der Waals surface area contributed by atoms with Gasteiger partial charge in [-0.15, -0.1) is 0 Å². The topological polar surface area (TPSA) is 71.2 Å². The molecule has 0 radical (unpaired) electrons. The highest BCUT2D eigenvalue weighted by molar-refractivity contribution is 6.34. The van der Waals surface area contributed by atoms with Crippen molar-refractivity contribution in [2.45, 2.75) is 17.8 Å². The Morgan fingerprint density at radius 1 is 1.23 bits per heavy atom. The van der Waals surface area contributed by atoms with E-state index >= 15 is 4.39 Å². The zero-order valence-corrected chi connectivity index (χ0v) is 18.0. The van der Waals surface area contributed by atoms with E-state index in [9.17, 15) is 4.79 Å². The summed E-state index contributed by atoms with van der Waals surface area (Å²) in [6.45, 7) is 0.743. The minimum atomic E-state index is -0.683. The fraction of sp³-hybridized carbons (Fsp3) is 0.250. The lowest BCUT2D eigenvalue weighted by molar-refractivity contribution is 0.0824. The summed E-state index contributed by atoms with van der Waals surface area (Å²) in [5.41, 5.74) is 8.59. The summed E-state index contributed by atoms with van der Waals surface area (Å²) >= 11 is 6.90. The van der Waals surface area contributed by atoms with Crippen LogP contribution in [-0.4, -0.2) is 36.4 Å². The Hall–Kier alpha value is -3.12. The van der Waals surface area contributed by atoms with E-state index in [1.807, 2.05) is 18.2 Å². The van der Waals surface area contributed by atoms with Gasteiger partial charge in [0.25, 0.3) is 5.91 Å². The summed E-state index contributed by atoms with van der Waals surface area (Å²) in [4.78, 5) is 18.3. The summed E-state index contributed by atoms with van der Waals surface area (Å²) in [5.74, 6) is -0.101. The average molecular weight is 437 g/mol. The molecule has 3 aromatic rings. The fourth-order valence-electron chi connectivity index (χ4n) is 4.73. The van der Waals surface area contributed by atoms with Crippen molar-refractivity contribution in [2.75, 3.05) is 31.7 Å². The lowest BCUT2D eigenvalue weighted by Crippen LogP contribution is -2.24. The first-order valence-corrected chi connectivity index (χ1v) is 10.5. The normalized spacial score (nSPS) is 21.0. The van der Waals surface area contributed by atoms with Crippen molar-refractivity contribution >= 4 is 29.0 Å². The van der Waals surface area contributed by atoms with Crippen molar-refractivity contribution in [1.82, 2.24) is 9.88 Å². The van der Waals surface area contributed by atoms with Gasteiger partial charge in [-0.2, -0.15) is 0 Å². The molecular formula is C24H22ClFN4O. The molecule has 3 N–H and O–H groups in total. The van der Waals surface area contributed by atoms with Crippen LogP contribution in [0.15, 0.2) is 48.7 Å². The molecule has 5 nitrogen and oxygen atoms in total. The number of nitrogens with zero attached hydrogens (tertiary/aromatic N) is 2. The molecule has 1 aromatic heterocycles. The smallest absolute Gasteiger partial charge is 0.258 e. The molecule has 2 heterocycles. The molecular weight excluding hydrogens is 415 g/mol. The van der Waals surface area contributed by atoms with Crippen molar-refractivity contribution in [3.8, 4) is 11.1 Å². The molecule has 7 heteroatoms. The third-order valence-electron chi connectivity index (χ3n) is 6.45. The lowest BCUT2D eigenvalue weighted by Gasteiger charge is -2.17. The van der Waals surface area contributed by atoms with Gasteiger partial charge in [-0.1, -0.05) is 41.9 Å². The first kappa shape index (κ1) is 19.8. The number of halogens is 2. The van der Waals surface area contributed by atoms with Gasteiger partial charge >= 0.3 is 0 Å². The number of benzene rings is 2. The third kappa shape index (κ3) is 2.89. The van der Waals surface area contributed by atoms with Gasteiger partial charge in [-0.25, -0.2) is 9.37 Å². The van der Waals surface area contributed by atoms with Gasteiger partial charge in [-0.05, 0) is 30.0 Å². The highest BCUT2D eigenvalue weighted by atomic mass is 35.5. The maximum absolute atomic E-state index is 15.5. The van der Waals surface area contributed by atoms with Crippen LogP contribution in [0.1, 0.15) is 33.8 Å². The van der Waals surface area contributed by atoms with E-state index in [0.717, 1.165) is 24.3 Å². The number of aromatic nitrogens is 1. The summed E-state index contributed by atoms with van der Waals surface area (Å²) in [7, 11) is 3.12. The number of nitrogen functional groups attached to an aromatic ring is 1. The summed E-state index contributed by atoms with van der Waals surface area (Å²) < 4.78 is 15.5. The van der Waals surface area contributed by atoms with Crippen LogP contribution in [0.2, 0.25) is 5.02 Å². The number of pyridine rings is 1. The second-order valence-corrected chi connectivity index (χ2v) is 8.86. The quantitative estimate of drug-likeness (QED) is 0.585. The Morgan fingerprint density at radius 2 is 1.97 bits per heavy atom. The molecule has 1 aliphatic heterocycles. The van der Waals surface area contributed by atoms with Crippen molar-refractivity contribution in [3.63, 3.8) is 0 Å². The van der Waals surface area contributed by atoms with E-state index < -0.39 is 11.7 Å².